The number of oxime groups is 1. The molecule has 0 radical (unpaired) electrons. The molecule has 4 rings (SSSR count). The Balaban J connectivity index is 1.55. The van der Waals surface area contributed by atoms with E-state index in [0.717, 1.165) is 0 Å². The zero-order valence-electron chi connectivity index (χ0n) is 19.0. The predicted octanol–water partition coefficient (Wildman–Crippen LogP) is 4.31. The lowest BCUT2D eigenvalue weighted by atomic mass is 9.99. The molecule has 0 aliphatic carbocycles. The van der Waals surface area contributed by atoms with Gasteiger partial charge in [0, 0.05) is 28.7 Å². The zero-order valence-corrected chi connectivity index (χ0v) is 19.9. The van der Waals surface area contributed by atoms with Crippen molar-refractivity contribution in [3.8, 4) is 22.6 Å². The average Bonchev–Trinajstić information content (AvgIpc) is 2.89. The Morgan fingerprint density at radius 1 is 0.861 bits per heavy atom. The number of benzene rings is 4. The molecule has 0 saturated carbocycles. The number of sulfonamides is 1. The Labute approximate surface area is 208 Å². The average molecular weight is 502 g/mol. The van der Waals surface area contributed by atoms with E-state index in [1.165, 1.54) is 6.07 Å². The number of Topliss-reactive ketones (excluding diaryl/α,β-unsaturated/α-hetero) is 1. The van der Waals surface area contributed by atoms with Gasteiger partial charge in [-0.25, -0.2) is 13.6 Å². The van der Waals surface area contributed by atoms with Crippen LogP contribution < -0.4 is 15.6 Å². The quantitative estimate of drug-likeness (QED) is 0.108. The molecule has 0 saturated heterocycles. The van der Waals surface area contributed by atoms with E-state index in [2.05, 4.69) is 5.16 Å². The molecule has 0 unspecified atom stereocenters. The monoisotopic (exact) mass is 501 g/mol. The molecule has 0 spiro atoms. The molecule has 9 heteroatoms. The predicted molar refractivity (Wildman–Crippen MR) is 137 cm³/mol. The van der Waals surface area contributed by atoms with E-state index < -0.39 is 10.0 Å². The maximum Gasteiger partial charge on any atom is 0.238 e. The summed E-state index contributed by atoms with van der Waals surface area (Å²) < 4.78 is 29.8. The van der Waals surface area contributed by atoms with Crippen LogP contribution in [0.1, 0.15) is 21.5 Å². The van der Waals surface area contributed by atoms with Crippen LogP contribution in [0.4, 0.5) is 0 Å². The van der Waals surface area contributed by atoms with Crippen molar-refractivity contribution < 1.29 is 23.2 Å². The Kier molecular flexibility index (Phi) is 7.14. The lowest BCUT2D eigenvalue weighted by Gasteiger charge is -2.12. The highest BCUT2D eigenvalue weighted by molar-refractivity contribution is 7.89. The maximum atomic E-state index is 13.0. The van der Waals surface area contributed by atoms with Crippen LogP contribution in [0.5, 0.6) is 11.5 Å². The van der Waals surface area contributed by atoms with Gasteiger partial charge in [-0.15, -0.1) is 0 Å². The molecule has 182 valence electrons. The number of carbonyl (C=O) groups excluding carboxylic acids is 1. The molecule has 0 aliphatic rings. The number of ketones is 1. The fourth-order valence-electron chi connectivity index (χ4n) is 3.72. The second-order valence-corrected chi connectivity index (χ2v) is 9.47. The molecule has 0 heterocycles. The Morgan fingerprint density at radius 2 is 1.56 bits per heavy atom. The molecule has 0 atom stereocenters. The fourth-order valence-corrected chi connectivity index (χ4v) is 4.48. The van der Waals surface area contributed by atoms with Crippen molar-refractivity contribution in [3.05, 3.63) is 114 Å². The number of nitrogens with two attached hydrogens (primary N) is 2. The number of rotatable bonds is 8. The Morgan fingerprint density at radius 3 is 2.28 bits per heavy atom. The van der Waals surface area contributed by atoms with Crippen LogP contribution in [0.3, 0.4) is 0 Å². The number of hydrogen-bond donors (Lipinski definition) is 3. The molecule has 36 heavy (non-hydrogen) atoms. The van der Waals surface area contributed by atoms with E-state index in [9.17, 15) is 13.2 Å². The topological polar surface area (TPSA) is 145 Å². The first kappa shape index (κ1) is 24.6. The van der Waals surface area contributed by atoms with Gasteiger partial charge >= 0.3 is 0 Å². The maximum absolute atomic E-state index is 13.0. The van der Waals surface area contributed by atoms with E-state index in [-0.39, 0.29) is 22.9 Å². The minimum Gasteiger partial charge on any atom is -0.457 e. The minimum atomic E-state index is -3.90. The van der Waals surface area contributed by atoms with Gasteiger partial charge in [0.15, 0.2) is 11.6 Å². The largest absolute Gasteiger partial charge is 0.457 e. The van der Waals surface area contributed by atoms with E-state index in [4.69, 9.17) is 20.8 Å². The van der Waals surface area contributed by atoms with Crippen molar-refractivity contribution in [3.63, 3.8) is 0 Å². The van der Waals surface area contributed by atoms with E-state index in [1.807, 2.05) is 6.07 Å². The standard InChI is InChI=1S/C27H23N3O5S/c28-27(30-32)21-7-5-8-22(16-21)35-25-10-3-1-6-20(25)17-24(31)19-14-12-18(13-15-19)23-9-2-4-11-26(23)36(29,33)34/h1-16,32H,17H2,(H2,28,30)(H2,29,33,34). The lowest BCUT2D eigenvalue weighted by Crippen LogP contribution is -2.13. The summed E-state index contributed by atoms with van der Waals surface area (Å²) in [5, 5.41) is 17.2. The van der Waals surface area contributed by atoms with Crippen molar-refractivity contribution in [2.24, 2.45) is 16.0 Å². The molecule has 0 aromatic heterocycles. The first-order chi connectivity index (χ1) is 17.3. The van der Waals surface area contributed by atoms with Crippen LogP contribution in [0.15, 0.2) is 107 Å². The highest BCUT2D eigenvalue weighted by Gasteiger charge is 2.16. The van der Waals surface area contributed by atoms with Crippen LogP contribution >= 0.6 is 0 Å². The molecule has 5 N–H and O–H groups in total. The summed E-state index contributed by atoms with van der Waals surface area (Å²) in [6, 6.07) is 27.1. The molecule has 0 aliphatic heterocycles. The third-order valence-electron chi connectivity index (χ3n) is 5.50. The van der Waals surface area contributed by atoms with Gasteiger partial charge in [-0.1, -0.05) is 78.0 Å². The smallest absolute Gasteiger partial charge is 0.238 e. The summed E-state index contributed by atoms with van der Waals surface area (Å²) in [6.07, 6.45) is 0.0865. The number of carbonyl (C=O) groups is 1. The van der Waals surface area contributed by atoms with Crippen LogP contribution in [0, 0.1) is 0 Å². The normalized spacial score (nSPS) is 11.8. The van der Waals surface area contributed by atoms with Gasteiger partial charge in [0.2, 0.25) is 10.0 Å². The van der Waals surface area contributed by atoms with Crippen LogP contribution in [0.2, 0.25) is 0 Å². The van der Waals surface area contributed by atoms with Gasteiger partial charge < -0.3 is 15.7 Å². The summed E-state index contributed by atoms with van der Waals surface area (Å²) in [5.41, 5.74) is 8.39. The van der Waals surface area contributed by atoms with E-state index in [1.54, 1.807) is 84.9 Å². The number of para-hydroxylation sites is 1. The summed E-state index contributed by atoms with van der Waals surface area (Å²) in [6.45, 7) is 0. The SMILES string of the molecule is NC(=NO)c1cccc(Oc2ccccc2CC(=O)c2ccc(-c3ccccc3S(N)(=O)=O)cc2)c1. The Bertz CT molecular complexity index is 1550. The first-order valence-corrected chi connectivity index (χ1v) is 12.4. The molecule has 4 aromatic carbocycles. The van der Waals surface area contributed by atoms with Crippen molar-refractivity contribution in [1.82, 2.24) is 0 Å². The summed E-state index contributed by atoms with van der Waals surface area (Å²) in [5.74, 6) is 0.792. The Hall–Kier alpha value is -4.47. The second-order valence-electron chi connectivity index (χ2n) is 7.94. The van der Waals surface area contributed by atoms with Gasteiger partial charge in [0.1, 0.15) is 11.5 Å². The van der Waals surface area contributed by atoms with Gasteiger partial charge in [-0.3, -0.25) is 4.79 Å². The number of ether oxygens (including phenoxy) is 1. The highest BCUT2D eigenvalue weighted by atomic mass is 32.2. The van der Waals surface area contributed by atoms with Gasteiger partial charge in [0.25, 0.3) is 0 Å². The molecule has 0 fully saturated rings. The molecule has 0 bridgehead atoms. The number of hydrogen-bond acceptors (Lipinski definition) is 6. The van der Waals surface area contributed by atoms with Crippen molar-refractivity contribution in [2.45, 2.75) is 11.3 Å². The number of primary sulfonamides is 1. The molecule has 8 nitrogen and oxygen atoms in total. The highest BCUT2D eigenvalue weighted by Crippen LogP contribution is 2.29. The summed E-state index contributed by atoms with van der Waals surface area (Å²) in [4.78, 5) is 13.1. The summed E-state index contributed by atoms with van der Waals surface area (Å²) >= 11 is 0. The van der Waals surface area contributed by atoms with Crippen LogP contribution in [-0.2, 0) is 16.4 Å². The molecule has 4 aromatic rings. The second kappa shape index (κ2) is 10.4. The summed E-state index contributed by atoms with van der Waals surface area (Å²) in [7, 11) is -3.90. The minimum absolute atomic E-state index is 0.0197. The van der Waals surface area contributed by atoms with Crippen molar-refractivity contribution in [2.75, 3.05) is 0 Å². The fraction of sp³-hybridized carbons (Fsp3) is 0.0370. The third kappa shape index (κ3) is 5.60. The van der Waals surface area contributed by atoms with Crippen LogP contribution in [0.25, 0.3) is 11.1 Å². The third-order valence-corrected chi connectivity index (χ3v) is 6.47. The van der Waals surface area contributed by atoms with E-state index >= 15 is 0 Å². The number of nitrogens with zero attached hydrogens (tertiary/aromatic N) is 1. The van der Waals surface area contributed by atoms with Gasteiger partial charge in [0.05, 0.1) is 4.90 Å². The lowest BCUT2D eigenvalue weighted by molar-refractivity contribution is 0.0992. The molecular formula is C27H23N3O5S. The van der Waals surface area contributed by atoms with Crippen LogP contribution in [-0.4, -0.2) is 25.2 Å². The van der Waals surface area contributed by atoms with Crippen molar-refractivity contribution >= 4 is 21.6 Å². The first-order valence-electron chi connectivity index (χ1n) is 10.9. The zero-order chi connectivity index (χ0) is 25.7. The van der Waals surface area contributed by atoms with Crippen molar-refractivity contribution in [1.29, 1.82) is 0 Å². The molecular weight excluding hydrogens is 478 g/mol. The van der Waals surface area contributed by atoms with Gasteiger partial charge in [-0.05, 0) is 29.8 Å². The number of amidine groups is 1. The molecule has 0 amide bonds. The van der Waals surface area contributed by atoms with Gasteiger partial charge in [-0.2, -0.15) is 0 Å². The van der Waals surface area contributed by atoms with E-state index in [0.29, 0.717) is 39.3 Å².